The lowest BCUT2D eigenvalue weighted by atomic mass is 9.73. The zero-order chi connectivity index (χ0) is 26.2. The zero-order valence-electron chi connectivity index (χ0n) is 22.1. The Bertz CT molecular complexity index is 1110. The van der Waals surface area contributed by atoms with Crippen molar-refractivity contribution in [2.45, 2.75) is 51.5 Å². The fourth-order valence-corrected chi connectivity index (χ4v) is 5.65. The van der Waals surface area contributed by atoms with Crippen LogP contribution in [-0.4, -0.2) is 62.7 Å². The van der Waals surface area contributed by atoms with Gasteiger partial charge in [-0.3, -0.25) is 14.5 Å². The summed E-state index contributed by atoms with van der Waals surface area (Å²) in [4.78, 5) is 28.2. The van der Waals surface area contributed by atoms with Crippen molar-refractivity contribution >= 4 is 11.8 Å². The van der Waals surface area contributed by atoms with Crippen LogP contribution >= 0.6 is 0 Å². The Morgan fingerprint density at radius 1 is 0.895 bits per heavy atom. The Balaban J connectivity index is 1.11. The van der Waals surface area contributed by atoms with E-state index in [1.165, 1.54) is 5.56 Å². The molecule has 204 valence electrons. The van der Waals surface area contributed by atoms with Gasteiger partial charge in [0.15, 0.2) is 11.5 Å². The van der Waals surface area contributed by atoms with Gasteiger partial charge in [-0.05, 0) is 74.5 Å². The molecule has 0 aliphatic carbocycles. The fraction of sp³-hybridized carbons (Fsp3) is 0.533. The minimum Gasteiger partial charge on any atom is -0.491 e. The SMILES string of the molecule is O=C(CN1CCC2(CCCCc3ccccc3OCCNC2=O)CC1)NCc1ccc2c(c1)OCCCO2. The maximum absolute atomic E-state index is 13.3. The molecule has 3 aliphatic rings. The van der Waals surface area contributed by atoms with E-state index in [0.29, 0.717) is 39.5 Å². The number of aryl methyl sites for hydroxylation is 1. The van der Waals surface area contributed by atoms with Crippen LogP contribution in [-0.2, 0) is 22.6 Å². The number of para-hydroxylation sites is 1. The second kappa shape index (κ2) is 12.5. The third-order valence-electron chi connectivity index (χ3n) is 7.93. The van der Waals surface area contributed by atoms with Crippen LogP contribution in [0.15, 0.2) is 42.5 Å². The third kappa shape index (κ3) is 6.59. The number of piperidine rings is 1. The lowest BCUT2D eigenvalue weighted by Crippen LogP contribution is -2.51. The summed E-state index contributed by atoms with van der Waals surface area (Å²) >= 11 is 0. The molecule has 3 heterocycles. The highest BCUT2D eigenvalue weighted by molar-refractivity contribution is 5.83. The van der Waals surface area contributed by atoms with E-state index in [0.717, 1.165) is 80.8 Å². The highest BCUT2D eigenvalue weighted by atomic mass is 16.5. The second-order valence-electron chi connectivity index (χ2n) is 10.6. The van der Waals surface area contributed by atoms with Crippen LogP contribution in [0.2, 0.25) is 0 Å². The van der Waals surface area contributed by atoms with Crippen LogP contribution in [0.4, 0.5) is 0 Å². The molecule has 0 unspecified atom stereocenters. The minimum atomic E-state index is -0.365. The molecular weight excluding hydrogens is 482 g/mol. The molecule has 8 nitrogen and oxygen atoms in total. The smallest absolute Gasteiger partial charge is 0.234 e. The molecule has 0 bridgehead atoms. The first-order chi connectivity index (χ1) is 18.6. The molecule has 0 radical (unpaired) electrons. The molecule has 2 aromatic carbocycles. The van der Waals surface area contributed by atoms with Crippen molar-refractivity contribution in [2.75, 3.05) is 46.0 Å². The number of ether oxygens (including phenoxy) is 3. The van der Waals surface area contributed by atoms with E-state index < -0.39 is 0 Å². The van der Waals surface area contributed by atoms with Gasteiger partial charge in [-0.15, -0.1) is 0 Å². The molecule has 8 heteroatoms. The number of benzene rings is 2. The number of carbonyl (C=O) groups excluding carboxylic acids is 2. The lowest BCUT2D eigenvalue weighted by Gasteiger charge is -2.40. The van der Waals surface area contributed by atoms with E-state index in [4.69, 9.17) is 14.2 Å². The van der Waals surface area contributed by atoms with Crippen molar-refractivity contribution in [3.05, 3.63) is 53.6 Å². The topological polar surface area (TPSA) is 89.1 Å². The Morgan fingerprint density at radius 2 is 1.68 bits per heavy atom. The second-order valence-corrected chi connectivity index (χ2v) is 10.6. The van der Waals surface area contributed by atoms with Crippen LogP contribution in [0.25, 0.3) is 0 Å². The predicted octanol–water partition coefficient (Wildman–Crippen LogP) is 3.47. The molecule has 1 fully saturated rings. The molecule has 2 amide bonds. The Labute approximate surface area is 225 Å². The van der Waals surface area contributed by atoms with Gasteiger partial charge in [-0.2, -0.15) is 0 Å². The summed E-state index contributed by atoms with van der Waals surface area (Å²) in [7, 11) is 0. The molecule has 5 rings (SSSR count). The van der Waals surface area contributed by atoms with E-state index in [1.54, 1.807) is 0 Å². The fourth-order valence-electron chi connectivity index (χ4n) is 5.65. The molecule has 0 saturated carbocycles. The first kappa shape index (κ1) is 26.4. The molecule has 1 saturated heterocycles. The first-order valence-corrected chi connectivity index (χ1v) is 14.0. The van der Waals surface area contributed by atoms with E-state index >= 15 is 0 Å². The van der Waals surface area contributed by atoms with Gasteiger partial charge >= 0.3 is 0 Å². The number of likely N-dealkylation sites (tertiary alicyclic amines) is 1. The van der Waals surface area contributed by atoms with Crippen LogP contribution < -0.4 is 24.8 Å². The lowest BCUT2D eigenvalue weighted by molar-refractivity contribution is -0.135. The number of nitrogens with zero attached hydrogens (tertiary/aromatic N) is 1. The molecular formula is C30H39N3O5. The molecule has 0 aromatic heterocycles. The van der Waals surface area contributed by atoms with Crippen molar-refractivity contribution in [3.8, 4) is 17.2 Å². The van der Waals surface area contributed by atoms with Crippen molar-refractivity contribution in [3.63, 3.8) is 0 Å². The van der Waals surface area contributed by atoms with Gasteiger partial charge < -0.3 is 24.8 Å². The van der Waals surface area contributed by atoms with Gasteiger partial charge in [0.05, 0.1) is 31.7 Å². The molecule has 0 atom stereocenters. The number of fused-ring (bicyclic) bond motifs is 2. The van der Waals surface area contributed by atoms with Crippen LogP contribution in [0, 0.1) is 5.41 Å². The Morgan fingerprint density at radius 3 is 2.55 bits per heavy atom. The highest BCUT2D eigenvalue weighted by Gasteiger charge is 2.41. The maximum Gasteiger partial charge on any atom is 0.234 e. The summed E-state index contributed by atoms with van der Waals surface area (Å²) in [5, 5.41) is 6.16. The van der Waals surface area contributed by atoms with E-state index in [1.807, 2.05) is 30.3 Å². The largest absolute Gasteiger partial charge is 0.491 e. The van der Waals surface area contributed by atoms with Crippen molar-refractivity contribution in [1.29, 1.82) is 0 Å². The predicted molar refractivity (Wildman–Crippen MR) is 145 cm³/mol. The third-order valence-corrected chi connectivity index (χ3v) is 7.93. The minimum absolute atomic E-state index is 0.00739. The Hall–Kier alpha value is -3.26. The maximum atomic E-state index is 13.3. The van der Waals surface area contributed by atoms with E-state index in [2.05, 4.69) is 27.7 Å². The summed E-state index contributed by atoms with van der Waals surface area (Å²) in [6.07, 6.45) is 6.27. The number of hydrogen-bond donors (Lipinski definition) is 2. The van der Waals surface area contributed by atoms with Crippen molar-refractivity contribution in [2.24, 2.45) is 5.41 Å². The molecule has 2 aromatic rings. The van der Waals surface area contributed by atoms with E-state index in [-0.39, 0.29) is 17.2 Å². The van der Waals surface area contributed by atoms with Gasteiger partial charge in [0.25, 0.3) is 0 Å². The summed E-state index contributed by atoms with van der Waals surface area (Å²) in [5.41, 5.74) is 1.85. The quantitative estimate of drug-likeness (QED) is 0.641. The first-order valence-electron chi connectivity index (χ1n) is 14.0. The van der Waals surface area contributed by atoms with Gasteiger partial charge in [0.1, 0.15) is 12.4 Å². The van der Waals surface area contributed by atoms with Gasteiger partial charge in [-0.1, -0.05) is 30.7 Å². The standard InChI is InChI=1S/C30H39N3O5/c34-28(32-21-23-9-10-26-27(20-23)37-18-5-17-36-26)22-33-15-12-30(13-16-33)11-4-3-7-24-6-1-2-8-25(24)38-19-14-31-29(30)35/h1-2,6,8-10,20H,3-5,7,11-19,21-22H2,(H,31,35)(H,32,34). The van der Waals surface area contributed by atoms with Crippen LogP contribution in [0.1, 0.15) is 49.7 Å². The van der Waals surface area contributed by atoms with Crippen molar-refractivity contribution < 1.29 is 23.8 Å². The number of hydrogen-bond acceptors (Lipinski definition) is 6. The van der Waals surface area contributed by atoms with Crippen LogP contribution in [0.3, 0.4) is 0 Å². The number of rotatable bonds is 4. The average Bonchev–Trinajstić information content (AvgIpc) is 3.18. The zero-order valence-corrected chi connectivity index (χ0v) is 22.1. The molecule has 2 N–H and O–H groups in total. The number of nitrogens with one attached hydrogen (secondary N) is 2. The summed E-state index contributed by atoms with van der Waals surface area (Å²) in [5.74, 6) is 2.54. The normalized spacial score (nSPS) is 20.1. The number of amides is 2. The molecule has 3 aliphatic heterocycles. The van der Waals surface area contributed by atoms with Crippen LogP contribution in [0.5, 0.6) is 17.2 Å². The average molecular weight is 522 g/mol. The van der Waals surface area contributed by atoms with Gasteiger partial charge in [-0.25, -0.2) is 0 Å². The monoisotopic (exact) mass is 521 g/mol. The van der Waals surface area contributed by atoms with Gasteiger partial charge in [0.2, 0.25) is 11.8 Å². The van der Waals surface area contributed by atoms with Crippen molar-refractivity contribution in [1.82, 2.24) is 15.5 Å². The summed E-state index contributed by atoms with van der Waals surface area (Å²) in [6, 6.07) is 14.0. The van der Waals surface area contributed by atoms with E-state index in [9.17, 15) is 9.59 Å². The highest BCUT2D eigenvalue weighted by Crippen LogP contribution is 2.37. The summed E-state index contributed by atoms with van der Waals surface area (Å²) < 4.78 is 17.4. The molecule has 1 spiro atoms. The Kier molecular flexibility index (Phi) is 8.68. The summed E-state index contributed by atoms with van der Waals surface area (Å²) in [6.45, 7) is 4.53. The number of carbonyl (C=O) groups is 2. The van der Waals surface area contributed by atoms with Gasteiger partial charge in [0, 0.05) is 13.0 Å². The molecule has 38 heavy (non-hydrogen) atoms.